The second-order valence-corrected chi connectivity index (χ2v) is 4.68. The summed E-state index contributed by atoms with van der Waals surface area (Å²) in [5.41, 5.74) is 9.86. The molecule has 0 amide bonds. The van der Waals surface area contributed by atoms with E-state index in [1.807, 2.05) is 31.3 Å². The van der Waals surface area contributed by atoms with Gasteiger partial charge in [0.15, 0.2) is 0 Å². The molecule has 0 fully saturated rings. The Kier molecular flexibility index (Phi) is 7.36. The Bertz CT molecular complexity index is 585. The van der Waals surface area contributed by atoms with Crippen LogP contribution >= 0.6 is 12.4 Å². The van der Waals surface area contributed by atoms with Crippen LogP contribution in [0.15, 0.2) is 42.6 Å². The number of esters is 1. The standard InChI is InChI=1S/C16H19N3O2.ClH/c1-12-3-4-13(11-17-12)9-10-18-19-15-7-5-14(6-8-15)16(20)21-2;/h3-8,11,18-19H,9-10H2,1-2H3;1H. The average molecular weight is 322 g/mol. The third-order valence-electron chi connectivity index (χ3n) is 3.05. The summed E-state index contributed by atoms with van der Waals surface area (Å²) in [5, 5.41) is 0. The van der Waals surface area contributed by atoms with Crippen LogP contribution in [0.4, 0.5) is 5.69 Å². The molecule has 0 aliphatic heterocycles. The second-order valence-electron chi connectivity index (χ2n) is 4.68. The molecule has 1 aromatic heterocycles. The molecule has 0 atom stereocenters. The van der Waals surface area contributed by atoms with E-state index < -0.39 is 0 Å². The van der Waals surface area contributed by atoms with Crippen molar-refractivity contribution in [3.05, 3.63) is 59.4 Å². The molecule has 1 heterocycles. The van der Waals surface area contributed by atoms with Gasteiger partial charge in [0.05, 0.1) is 12.7 Å². The van der Waals surface area contributed by atoms with Crippen molar-refractivity contribution in [1.29, 1.82) is 0 Å². The van der Waals surface area contributed by atoms with E-state index in [-0.39, 0.29) is 18.4 Å². The number of ether oxygens (including phenoxy) is 1. The lowest BCUT2D eigenvalue weighted by molar-refractivity contribution is 0.0601. The van der Waals surface area contributed by atoms with Crippen LogP contribution in [0.25, 0.3) is 0 Å². The Balaban J connectivity index is 0.00000242. The average Bonchev–Trinajstić information content (AvgIpc) is 2.53. The highest BCUT2D eigenvalue weighted by atomic mass is 35.5. The predicted molar refractivity (Wildman–Crippen MR) is 89.3 cm³/mol. The number of benzene rings is 1. The normalized spacial score (nSPS) is 9.73. The van der Waals surface area contributed by atoms with E-state index in [0.29, 0.717) is 5.56 Å². The van der Waals surface area contributed by atoms with Gasteiger partial charge in [-0.25, -0.2) is 10.2 Å². The number of carbonyl (C=O) groups is 1. The molecule has 2 aromatic rings. The number of hydrogen-bond donors (Lipinski definition) is 2. The molecule has 2 rings (SSSR count). The number of hydrogen-bond acceptors (Lipinski definition) is 5. The van der Waals surface area contributed by atoms with E-state index in [1.54, 1.807) is 12.1 Å². The van der Waals surface area contributed by atoms with Crippen molar-refractivity contribution < 1.29 is 9.53 Å². The molecule has 0 saturated heterocycles. The van der Waals surface area contributed by atoms with Crippen LogP contribution in [0.1, 0.15) is 21.6 Å². The molecule has 118 valence electrons. The maximum absolute atomic E-state index is 11.3. The summed E-state index contributed by atoms with van der Waals surface area (Å²) in [5.74, 6) is -0.332. The van der Waals surface area contributed by atoms with E-state index in [1.165, 1.54) is 12.7 Å². The molecule has 0 bridgehead atoms. The Morgan fingerprint density at radius 2 is 1.91 bits per heavy atom. The zero-order valence-corrected chi connectivity index (χ0v) is 13.4. The van der Waals surface area contributed by atoms with Crippen LogP contribution in [0, 0.1) is 6.92 Å². The maximum Gasteiger partial charge on any atom is 0.337 e. The number of nitrogens with one attached hydrogen (secondary N) is 2. The van der Waals surface area contributed by atoms with Gasteiger partial charge in [-0.05, 0) is 49.2 Å². The SMILES string of the molecule is COC(=O)c1ccc(NNCCc2ccc(C)nc2)cc1.Cl. The molecule has 6 heteroatoms. The zero-order valence-electron chi connectivity index (χ0n) is 12.6. The summed E-state index contributed by atoms with van der Waals surface area (Å²) < 4.78 is 4.65. The fourth-order valence-corrected chi connectivity index (χ4v) is 1.83. The molecule has 22 heavy (non-hydrogen) atoms. The van der Waals surface area contributed by atoms with Gasteiger partial charge in [0.25, 0.3) is 0 Å². The first kappa shape index (κ1) is 17.9. The summed E-state index contributed by atoms with van der Waals surface area (Å²) in [7, 11) is 1.37. The number of nitrogens with zero attached hydrogens (tertiary/aromatic N) is 1. The lowest BCUT2D eigenvalue weighted by Gasteiger charge is -2.09. The van der Waals surface area contributed by atoms with Crippen molar-refractivity contribution in [2.45, 2.75) is 13.3 Å². The fourth-order valence-electron chi connectivity index (χ4n) is 1.83. The largest absolute Gasteiger partial charge is 0.465 e. The van der Waals surface area contributed by atoms with Crippen molar-refractivity contribution in [3.8, 4) is 0 Å². The summed E-state index contributed by atoms with van der Waals surface area (Å²) in [4.78, 5) is 15.6. The first-order valence-corrected chi connectivity index (χ1v) is 6.78. The van der Waals surface area contributed by atoms with Crippen molar-refractivity contribution >= 4 is 24.1 Å². The Morgan fingerprint density at radius 1 is 1.18 bits per heavy atom. The van der Waals surface area contributed by atoms with Crippen molar-refractivity contribution in [2.24, 2.45) is 0 Å². The highest BCUT2D eigenvalue weighted by Gasteiger charge is 2.03. The molecule has 2 N–H and O–H groups in total. The number of aromatic nitrogens is 1. The highest BCUT2D eigenvalue weighted by Crippen LogP contribution is 2.09. The van der Waals surface area contributed by atoms with E-state index >= 15 is 0 Å². The van der Waals surface area contributed by atoms with E-state index in [2.05, 4.69) is 26.6 Å². The topological polar surface area (TPSA) is 63.2 Å². The third kappa shape index (κ3) is 5.35. The molecule has 0 aliphatic rings. The smallest absolute Gasteiger partial charge is 0.337 e. The van der Waals surface area contributed by atoms with Crippen molar-refractivity contribution in [3.63, 3.8) is 0 Å². The first-order valence-electron chi connectivity index (χ1n) is 6.78. The molecule has 0 aliphatic carbocycles. The number of carbonyl (C=O) groups excluding carboxylic acids is 1. The number of anilines is 1. The number of rotatable bonds is 6. The number of hydrazine groups is 1. The molecule has 0 radical (unpaired) electrons. The van der Waals surface area contributed by atoms with Crippen molar-refractivity contribution in [2.75, 3.05) is 19.1 Å². The third-order valence-corrected chi connectivity index (χ3v) is 3.05. The van der Waals surface area contributed by atoms with Gasteiger partial charge in [-0.1, -0.05) is 6.07 Å². The van der Waals surface area contributed by atoms with Gasteiger partial charge in [-0.15, -0.1) is 12.4 Å². The Labute approximate surface area is 136 Å². The summed E-state index contributed by atoms with van der Waals surface area (Å²) in [6.07, 6.45) is 2.78. The summed E-state index contributed by atoms with van der Waals surface area (Å²) in [6.45, 7) is 2.76. The monoisotopic (exact) mass is 321 g/mol. The van der Waals surface area contributed by atoms with Crippen LogP contribution in [0.5, 0.6) is 0 Å². The molecular weight excluding hydrogens is 302 g/mol. The van der Waals surface area contributed by atoms with Gasteiger partial charge in [-0.3, -0.25) is 4.98 Å². The molecule has 5 nitrogen and oxygen atoms in total. The lowest BCUT2D eigenvalue weighted by atomic mass is 10.2. The molecule has 0 saturated carbocycles. The van der Waals surface area contributed by atoms with E-state index in [4.69, 9.17) is 0 Å². The fraction of sp³-hybridized carbons (Fsp3) is 0.250. The number of methoxy groups -OCH3 is 1. The van der Waals surface area contributed by atoms with Gasteiger partial charge < -0.3 is 10.2 Å². The minimum absolute atomic E-state index is 0. The lowest BCUT2D eigenvalue weighted by Crippen LogP contribution is -2.24. The molecule has 1 aromatic carbocycles. The van der Waals surface area contributed by atoms with Crippen LogP contribution in [0.3, 0.4) is 0 Å². The van der Waals surface area contributed by atoms with Gasteiger partial charge in [-0.2, -0.15) is 0 Å². The molecular formula is C16H20ClN3O2. The molecule has 0 spiro atoms. The predicted octanol–water partition coefficient (Wildman–Crippen LogP) is 2.76. The van der Waals surface area contributed by atoms with Crippen LogP contribution < -0.4 is 10.9 Å². The highest BCUT2D eigenvalue weighted by molar-refractivity contribution is 5.89. The quantitative estimate of drug-likeness (QED) is 0.486. The second kappa shape index (κ2) is 9.02. The maximum atomic E-state index is 11.3. The summed E-state index contributed by atoms with van der Waals surface area (Å²) >= 11 is 0. The summed E-state index contributed by atoms with van der Waals surface area (Å²) in [6, 6.07) is 11.2. The number of pyridine rings is 1. The number of aryl methyl sites for hydroxylation is 1. The van der Waals surface area contributed by atoms with Gasteiger partial charge in [0, 0.05) is 24.1 Å². The van der Waals surface area contributed by atoms with Crippen molar-refractivity contribution in [1.82, 2.24) is 10.4 Å². The van der Waals surface area contributed by atoms with Crippen LogP contribution in [0.2, 0.25) is 0 Å². The Hall–Kier alpha value is -2.11. The first-order chi connectivity index (χ1) is 10.2. The zero-order chi connectivity index (χ0) is 15.1. The minimum atomic E-state index is -0.332. The number of halogens is 1. The minimum Gasteiger partial charge on any atom is -0.465 e. The van der Waals surface area contributed by atoms with Gasteiger partial charge >= 0.3 is 5.97 Å². The van der Waals surface area contributed by atoms with E-state index in [0.717, 1.165) is 24.3 Å². The van der Waals surface area contributed by atoms with Crippen LogP contribution in [-0.2, 0) is 11.2 Å². The van der Waals surface area contributed by atoms with Gasteiger partial charge in [0.1, 0.15) is 0 Å². The Morgan fingerprint density at radius 3 is 2.50 bits per heavy atom. The van der Waals surface area contributed by atoms with Crippen LogP contribution in [-0.4, -0.2) is 24.6 Å². The van der Waals surface area contributed by atoms with Gasteiger partial charge in [0.2, 0.25) is 0 Å². The molecule has 0 unspecified atom stereocenters. The van der Waals surface area contributed by atoms with E-state index in [9.17, 15) is 4.79 Å².